The highest BCUT2D eigenvalue weighted by atomic mass is 19.1. The monoisotopic (exact) mass is 321 g/mol. The second-order valence-electron chi connectivity index (χ2n) is 4.98. The van der Waals surface area contributed by atoms with Gasteiger partial charge >= 0.3 is 0 Å². The molecule has 0 saturated carbocycles. The molecule has 2 rings (SSSR count). The molecule has 0 aliphatic heterocycles. The largest absolute Gasteiger partial charge is 0.394 e. The molecule has 0 saturated heterocycles. The molecule has 0 fully saturated rings. The lowest BCUT2D eigenvalue weighted by atomic mass is 10.2. The van der Waals surface area contributed by atoms with Crippen LogP contribution >= 0.6 is 0 Å². The van der Waals surface area contributed by atoms with Crippen molar-refractivity contribution in [3.05, 3.63) is 47.5 Å². The van der Waals surface area contributed by atoms with Gasteiger partial charge in [0.05, 0.1) is 36.4 Å². The van der Waals surface area contributed by atoms with Gasteiger partial charge in [0.2, 0.25) is 0 Å². The van der Waals surface area contributed by atoms with Crippen LogP contribution in [0.25, 0.3) is 5.69 Å². The van der Waals surface area contributed by atoms with Crippen molar-refractivity contribution in [2.45, 2.75) is 13.3 Å². The van der Waals surface area contributed by atoms with Crippen LogP contribution in [0.2, 0.25) is 0 Å². The molecule has 0 aliphatic rings. The van der Waals surface area contributed by atoms with Crippen molar-refractivity contribution in [2.24, 2.45) is 0 Å². The number of hydrogen-bond acceptors (Lipinski definition) is 4. The third-order valence-corrected chi connectivity index (χ3v) is 3.31. The maximum Gasteiger partial charge on any atom is 0.254 e. The molecule has 0 spiro atoms. The Labute approximate surface area is 133 Å². The van der Waals surface area contributed by atoms with Gasteiger partial charge in [0.1, 0.15) is 5.82 Å². The number of carbonyl (C=O) groups excluding carboxylic acids is 1. The minimum atomic E-state index is -0.319. The van der Waals surface area contributed by atoms with E-state index in [2.05, 4.69) is 10.4 Å². The number of ether oxygens (including phenoxy) is 1. The van der Waals surface area contributed by atoms with Gasteiger partial charge in [-0.15, -0.1) is 0 Å². The molecule has 6 nitrogen and oxygen atoms in total. The molecule has 0 radical (unpaired) electrons. The van der Waals surface area contributed by atoms with Gasteiger partial charge in [-0.2, -0.15) is 5.10 Å². The van der Waals surface area contributed by atoms with Crippen LogP contribution in [0.1, 0.15) is 22.5 Å². The molecule has 1 heterocycles. The van der Waals surface area contributed by atoms with Crippen LogP contribution in [-0.4, -0.2) is 47.2 Å². The highest BCUT2D eigenvalue weighted by molar-refractivity contribution is 5.95. The molecular formula is C16H20FN3O3. The number of amides is 1. The molecule has 7 heteroatoms. The van der Waals surface area contributed by atoms with E-state index in [0.29, 0.717) is 43.1 Å². The number of rotatable bonds is 8. The molecule has 1 aromatic heterocycles. The lowest BCUT2D eigenvalue weighted by molar-refractivity contribution is 0.0867. The third kappa shape index (κ3) is 4.61. The van der Waals surface area contributed by atoms with E-state index in [1.807, 2.05) is 0 Å². The third-order valence-electron chi connectivity index (χ3n) is 3.31. The van der Waals surface area contributed by atoms with Crippen LogP contribution < -0.4 is 5.32 Å². The summed E-state index contributed by atoms with van der Waals surface area (Å²) < 4.78 is 19.7. The van der Waals surface area contributed by atoms with Crippen LogP contribution in [-0.2, 0) is 4.74 Å². The number of nitrogens with zero attached hydrogens (tertiary/aromatic N) is 2. The highest BCUT2D eigenvalue weighted by Crippen LogP contribution is 2.14. The minimum Gasteiger partial charge on any atom is -0.394 e. The van der Waals surface area contributed by atoms with Gasteiger partial charge in [-0.25, -0.2) is 9.07 Å². The Kier molecular flexibility index (Phi) is 6.25. The maximum absolute atomic E-state index is 13.0. The summed E-state index contributed by atoms with van der Waals surface area (Å²) in [4.78, 5) is 12.1. The summed E-state index contributed by atoms with van der Waals surface area (Å²) in [6.45, 7) is 3.04. The summed E-state index contributed by atoms with van der Waals surface area (Å²) in [5, 5.41) is 15.6. The number of aliphatic hydroxyl groups is 1. The SMILES string of the molecule is Cc1c(C(=O)NCCCOCCO)cnn1-c1ccc(F)cc1. The number of carbonyl (C=O) groups is 1. The van der Waals surface area contributed by atoms with E-state index in [9.17, 15) is 9.18 Å². The Balaban J connectivity index is 1.93. The average Bonchev–Trinajstić information content (AvgIpc) is 2.93. The predicted octanol–water partition coefficient (Wildman–Crippen LogP) is 1.45. The predicted molar refractivity (Wildman–Crippen MR) is 83.1 cm³/mol. The Morgan fingerprint density at radius 1 is 1.35 bits per heavy atom. The second kappa shape index (κ2) is 8.40. The fourth-order valence-electron chi connectivity index (χ4n) is 2.11. The second-order valence-corrected chi connectivity index (χ2v) is 4.98. The van der Waals surface area contributed by atoms with Gasteiger partial charge < -0.3 is 15.2 Å². The van der Waals surface area contributed by atoms with Gasteiger partial charge in [0.15, 0.2) is 0 Å². The molecule has 2 N–H and O–H groups in total. The van der Waals surface area contributed by atoms with Crippen LogP contribution in [0, 0.1) is 12.7 Å². The molecule has 23 heavy (non-hydrogen) atoms. The van der Waals surface area contributed by atoms with Gasteiger partial charge in [0.25, 0.3) is 5.91 Å². The first-order valence-electron chi connectivity index (χ1n) is 7.41. The summed E-state index contributed by atoms with van der Waals surface area (Å²) >= 11 is 0. The lowest BCUT2D eigenvalue weighted by Crippen LogP contribution is -2.25. The van der Waals surface area contributed by atoms with E-state index in [4.69, 9.17) is 9.84 Å². The zero-order valence-electron chi connectivity index (χ0n) is 13.0. The van der Waals surface area contributed by atoms with Crippen molar-refractivity contribution in [2.75, 3.05) is 26.4 Å². The fourth-order valence-corrected chi connectivity index (χ4v) is 2.11. The fraction of sp³-hybridized carbons (Fsp3) is 0.375. The van der Waals surface area contributed by atoms with Crippen molar-refractivity contribution in [3.63, 3.8) is 0 Å². The number of hydrogen-bond donors (Lipinski definition) is 2. The number of nitrogens with one attached hydrogen (secondary N) is 1. The maximum atomic E-state index is 13.0. The van der Waals surface area contributed by atoms with Gasteiger partial charge in [-0.05, 0) is 37.6 Å². The molecular weight excluding hydrogens is 301 g/mol. The van der Waals surface area contributed by atoms with E-state index in [1.54, 1.807) is 23.7 Å². The van der Waals surface area contributed by atoms with E-state index < -0.39 is 0 Å². The van der Waals surface area contributed by atoms with Crippen molar-refractivity contribution in [1.29, 1.82) is 0 Å². The topological polar surface area (TPSA) is 76.4 Å². The molecule has 0 aliphatic carbocycles. The summed E-state index contributed by atoms with van der Waals surface area (Å²) in [5.41, 5.74) is 1.86. The van der Waals surface area contributed by atoms with Gasteiger partial charge in [0, 0.05) is 13.2 Å². The molecule has 1 aromatic carbocycles. The number of halogens is 1. The van der Waals surface area contributed by atoms with Gasteiger partial charge in [-0.3, -0.25) is 4.79 Å². The Morgan fingerprint density at radius 3 is 2.78 bits per heavy atom. The van der Waals surface area contributed by atoms with E-state index in [0.717, 1.165) is 0 Å². The Hall–Kier alpha value is -2.25. The number of aliphatic hydroxyl groups excluding tert-OH is 1. The molecule has 0 bridgehead atoms. The zero-order valence-corrected chi connectivity index (χ0v) is 13.0. The van der Waals surface area contributed by atoms with Crippen molar-refractivity contribution in [3.8, 4) is 5.69 Å². The molecule has 0 unspecified atom stereocenters. The molecule has 2 aromatic rings. The van der Waals surface area contributed by atoms with Crippen molar-refractivity contribution >= 4 is 5.91 Å². The zero-order chi connectivity index (χ0) is 16.7. The summed E-state index contributed by atoms with van der Waals surface area (Å²) in [6.07, 6.45) is 2.16. The average molecular weight is 321 g/mol. The van der Waals surface area contributed by atoms with Crippen molar-refractivity contribution in [1.82, 2.24) is 15.1 Å². The van der Waals surface area contributed by atoms with Crippen LogP contribution in [0.5, 0.6) is 0 Å². The standard InChI is InChI=1S/C16H20FN3O3/c1-12-15(16(22)18-7-2-9-23-10-8-21)11-19-20(12)14-5-3-13(17)4-6-14/h3-6,11,21H,2,7-10H2,1H3,(H,18,22). The quantitative estimate of drug-likeness (QED) is 0.722. The van der Waals surface area contributed by atoms with Gasteiger partial charge in [-0.1, -0.05) is 0 Å². The summed E-state index contributed by atoms with van der Waals surface area (Å²) in [7, 11) is 0. The Morgan fingerprint density at radius 2 is 2.09 bits per heavy atom. The lowest BCUT2D eigenvalue weighted by Gasteiger charge is -2.07. The molecule has 1 amide bonds. The van der Waals surface area contributed by atoms with Crippen LogP contribution in [0.15, 0.2) is 30.5 Å². The molecule has 0 atom stereocenters. The van der Waals surface area contributed by atoms with E-state index in [-0.39, 0.29) is 18.3 Å². The number of aromatic nitrogens is 2. The minimum absolute atomic E-state index is 0.00583. The van der Waals surface area contributed by atoms with E-state index in [1.165, 1.54) is 18.3 Å². The van der Waals surface area contributed by atoms with Crippen LogP contribution in [0.3, 0.4) is 0 Å². The van der Waals surface area contributed by atoms with Crippen LogP contribution in [0.4, 0.5) is 4.39 Å². The van der Waals surface area contributed by atoms with Crippen molar-refractivity contribution < 1.29 is 19.0 Å². The summed E-state index contributed by atoms with van der Waals surface area (Å²) in [6, 6.07) is 5.91. The first kappa shape index (κ1) is 17.1. The molecule has 124 valence electrons. The van der Waals surface area contributed by atoms with E-state index >= 15 is 0 Å². The first-order chi connectivity index (χ1) is 11.1. The highest BCUT2D eigenvalue weighted by Gasteiger charge is 2.14. The number of benzene rings is 1. The normalized spacial score (nSPS) is 10.7. The summed E-state index contributed by atoms with van der Waals surface area (Å²) in [5.74, 6) is -0.530. The Bertz CT molecular complexity index is 641. The first-order valence-corrected chi connectivity index (χ1v) is 7.41. The smallest absolute Gasteiger partial charge is 0.254 e.